The second kappa shape index (κ2) is 12.3. The summed E-state index contributed by atoms with van der Waals surface area (Å²) in [4.78, 5) is 62.4. The number of aromatic amines is 2. The Morgan fingerprint density at radius 3 is 2.15 bits per heavy atom. The number of hydrogen-bond acceptors (Lipinski definition) is 7. The largest absolute Gasteiger partial charge is 0.480 e. The van der Waals surface area contributed by atoms with Gasteiger partial charge in [-0.2, -0.15) is 0 Å². The average Bonchev–Trinajstić information content (AvgIpc) is 3.48. The van der Waals surface area contributed by atoms with Crippen molar-refractivity contribution in [2.24, 2.45) is 11.7 Å². The number of imidazole rings is 2. The molecule has 2 rings (SSSR count). The number of hydrogen-bond donors (Lipinski definition) is 7. The molecule has 0 saturated carbocycles. The lowest BCUT2D eigenvalue weighted by Crippen LogP contribution is -2.55. The predicted molar refractivity (Wildman–Crippen MR) is 117 cm³/mol. The van der Waals surface area contributed by atoms with Gasteiger partial charge in [0.2, 0.25) is 17.7 Å². The fourth-order valence-electron chi connectivity index (χ4n) is 3.03. The van der Waals surface area contributed by atoms with Gasteiger partial charge in [0, 0.05) is 36.6 Å². The maximum Gasteiger partial charge on any atom is 0.326 e. The standard InChI is InChI=1S/C20H30N8O5/c1-3-11(2)17(20(32)33)28-16(29)8-24-19(31)15(5-13-7-23-10-26-13)27-18(30)14(21)4-12-6-22-9-25-12/h6-7,9-11,14-15,17H,3-5,8,21H2,1-2H3,(H,22,25)(H,23,26)(H,24,31)(H,27,30)(H,28,29)(H,32,33). The molecule has 0 spiro atoms. The number of carbonyl (C=O) groups is 4. The predicted octanol–water partition coefficient (Wildman–Crippen LogP) is -1.54. The van der Waals surface area contributed by atoms with E-state index in [1.165, 1.54) is 18.9 Å². The number of carbonyl (C=O) groups excluding carboxylic acids is 3. The van der Waals surface area contributed by atoms with Crippen molar-refractivity contribution in [2.75, 3.05) is 6.54 Å². The van der Waals surface area contributed by atoms with Crippen molar-refractivity contribution < 1.29 is 24.3 Å². The minimum Gasteiger partial charge on any atom is -0.480 e. The number of aromatic nitrogens is 4. The normalized spacial score (nSPS) is 14.5. The van der Waals surface area contributed by atoms with Gasteiger partial charge in [0.05, 0.1) is 25.2 Å². The highest BCUT2D eigenvalue weighted by Crippen LogP contribution is 2.07. The van der Waals surface area contributed by atoms with Crippen LogP contribution in [0, 0.1) is 5.92 Å². The van der Waals surface area contributed by atoms with Gasteiger partial charge in [0.1, 0.15) is 12.1 Å². The number of H-pyrrole nitrogens is 2. The van der Waals surface area contributed by atoms with E-state index >= 15 is 0 Å². The van der Waals surface area contributed by atoms with Crippen molar-refractivity contribution in [3.63, 3.8) is 0 Å². The van der Waals surface area contributed by atoms with E-state index in [1.54, 1.807) is 13.1 Å². The molecule has 33 heavy (non-hydrogen) atoms. The summed E-state index contributed by atoms with van der Waals surface area (Å²) in [7, 11) is 0. The van der Waals surface area contributed by atoms with Gasteiger partial charge in [0.25, 0.3) is 0 Å². The van der Waals surface area contributed by atoms with Gasteiger partial charge in [-0.05, 0) is 5.92 Å². The topological polar surface area (TPSA) is 208 Å². The van der Waals surface area contributed by atoms with Crippen LogP contribution >= 0.6 is 0 Å². The monoisotopic (exact) mass is 462 g/mol. The zero-order chi connectivity index (χ0) is 24.4. The average molecular weight is 463 g/mol. The fourth-order valence-corrected chi connectivity index (χ4v) is 3.03. The first kappa shape index (κ1) is 25.5. The van der Waals surface area contributed by atoms with Crippen LogP contribution < -0.4 is 21.7 Å². The molecule has 4 atom stereocenters. The van der Waals surface area contributed by atoms with Crippen LogP contribution in [-0.2, 0) is 32.0 Å². The van der Waals surface area contributed by atoms with Crippen molar-refractivity contribution in [3.05, 3.63) is 36.4 Å². The first-order valence-corrected chi connectivity index (χ1v) is 10.5. The molecule has 0 radical (unpaired) electrons. The molecule has 4 unspecified atom stereocenters. The number of carboxylic acids is 1. The second-order valence-corrected chi connectivity index (χ2v) is 7.72. The Morgan fingerprint density at radius 2 is 1.64 bits per heavy atom. The number of nitrogens with two attached hydrogens (primary N) is 1. The third kappa shape index (κ3) is 8.03. The Bertz CT molecular complexity index is 915. The molecule has 2 aromatic rings. The van der Waals surface area contributed by atoms with E-state index in [9.17, 15) is 24.3 Å². The van der Waals surface area contributed by atoms with Gasteiger partial charge in [-0.15, -0.1) is 0 Å². The Morgan fingerprint density at radius 1 is 1.03 bits per heavy atom. The van der Waals surface area contributed by atoms with E-state index in [0.29, 0.717) is 17.8 Å². The number of nitrogens with zero attached hydrogens (tertiary/aromatic N) is 2. The number of aliphatic carboxylic acids is 1. The number of nitrogens with one attached hydrogen (secondary N) is 5. The smallest absolute Gasteiger partial charge is 0.326 e. The van der Waals surface area contributed by atoms with E-state index in [4.69, 9.17) is 5.73 Å². The van der Waals surface area contributed by atoms with Crippen LogP contribution in [-0.4, -0.2) is 73.4 Å². The highest BCUT2D eigenvalue weighted by molar-refractivity contribution is 5.92. The molecular weight excluding hydrogens is 432 g/mol. The van der Waals surface area contributed by atoms with Gasteiger partial charge in [0.15, 0.2) is 0 Å². The Labute approximate surface area is 190 Å². The molecule has 13 heteroatoms. The van der Waals surface area contributed by atoms with Crippen LogP contribution in [0.5, 0.6) is 0 Å². The van der Waals surface area contributed by atoms with Crippen molar-refractivity contribution >= 4 is 23.7 Å². The quantitative estimate of drug-likeness (QED) is 0.185. The number of rotatable bonds is 13. The van der Waals surface area contributed by atoms with Crippen LogP contribution in [0.3, 0.4) is 0 Å². The van der Waals surface area contributed by atoms with Crippen LogP contribution in [0.1, 0.15) is 31.7 Å². The summed E-state index contributed by atoms with van der Waals surface area (Å²) < 4.78 is 0. The lowest BCUT2D eigenvalue weighted by molar-refractivity contribution is -0.143. The molecule has 13 nitrogen and oxygen atoms in total. The third-order valence-corrected chi connectivity index (χ3v) is 5.16. The number of carboxylic acid groups (broad SMARTS) is 1. The fraction of sp³-hybridized carbons (Fsp3) is 0.500. The molecule has 0 bridgehead atoms. The van der Waals surface area contributed by atoms with Crippen LogP contribution in [0.4, 0.5) is 0 Å². The number of amides is 3. The molecule has 0 aliphatic carbocycles. The summed E-state index contributed by atoms with van der Waals surface area (Å²) in [6, 6.07) is -3.04. The molecule has 8 N–H and O–H groups in total. The molecule has 180 valence electrons. The van der Waals surface area contributed by atoms with Crippen LogP contribution in [0.25, 0.3) is 0 Å². The SMILES string of the molecule is CCC(C)C(NC(=O)CNC(=O)C(Cc1cnc[nH]1)NC(=O)C(N)Cc1cnc[nH]1)C(=O)O. The minimum absolute atomic E-state index is 0.0839. The highest BCUT2D eigenvalue weighted by atomic mass is 16.4. The zero-order valence-corrected chi connectivity index (χ0v) is 18.5. The van der Waals surface area contributed by atoms with Gasteiger partial charge >= 0.3 is 5.97 Å². The molecular formula is C20H30N8O5. The maximum atomic E-state index is 12.7. The van der Waals surface area contributed by atoms with Gasteiger partial charge in [-0.3, -0.25) is 14.4 Å². The molecule has 2 heterocycles. The summed E-state index contributed by atoms with van der Waals surface area (Å²) in [5, 5.41) is 16.7. The molecule has 0 fully saturated rings. The van der Waals surface area contributed by atoms with Crippen molar-refractivity contribution in [1.29, 1.82) is 0 Å². The maximum absolute atomic E-state index is 12.7. The van der Waals surface area contributed by atoms with Crippen LogP contribution in [0.2, 0.25) is 0 Å². The molecule has 0 saturated heterocycles. The van der Waals surface area contributed by atoms with E-state index in [-0.39, 0.29) is 18.8 Å². The van der Waals surface area contributed by atoms with Gasteiger partial charge in [-0.1, -0.05) is 20.3 Å². The van der Waals surface area contributed by atoms with Crippen molar-refractivity contribution in [2.45, 2.75) is 51.2 Å². The molecule has 0 aliphatic heterocycles. The van der Waals surface area contributed by atoms with Crippen molar-refractivity contribution in [1.82, 2.24) is 35.9 Å². The summed E-state index contributed by atoms with van der Waals surface area (Å²) in [5.41, 5.74) is 7.20. The lowest BCUT2D eigenvalue weighted by Gasteiger charge is -2.22. The highest BCUT2D eigenvalue weighted by Gasteiger charge is 2.27. The summed E-state index contributed by atoms with van der Waals surface area (Å²) in [6.07, 6.45) is 6.79. The van der Waals surface area contributed by atoms with E-state index in [2.05, 4.69) is 35.9 Å². The second-order valence-electron chi connectivity index (χ2n) is 7.72. The first-order chi connectivity index (χ1) is 15.7. The van der Waals surface area contributed by atoms with E-state index < -0.39 is 48.4 Å². The summed E-state index contributed by atoms with van der Waals surface area (Å²) >= 11 is 0. The lowest BCUT2D eigenvalue weighted by atomic mass is 9.99. The molecule has 0 aromatic carbocycles. The first-order valence-electron chi connectivity index (χ1n) is 10.5. The summed E-state index contributed by atoms with van der Waals surface area (Å²) in [6.45, 7) is 3.07. The molecule has 0 aliphatic rings. The Hall–Kier alpha value is -3.74. The van der Waals surface area contributed by atoms with Crippen molar-refractivity contribution in [3.8, 4) is 0 Å². The minimum atomic E-state index is -1.15. The molecule has 3 amide bonds. The Balaban J connectivity index is 1.97. The zero-order valence-electron chi connectivity index (χ0n) is 18.5. The van der Waals surface area contributed by atoms with Crippen LogP contribution in [0.15, 0.2) is 25.0 Å². The van der Waals surface area contributed by atoms with E-state index in [1.807, 2.05) is 6.92 Å². The summed E-state index contributed by atoms with van der Waals surface area (Å²) in [5.74, 6) is -3.28. The van der Waals surface area contributed by atoms with E-state index in [0.717, 1.165) is 0 Å². The Kier molecular flexibility index (Phi) is 9.54. The van der Waals surface area contributed by atoms with Gasteiger partial charge < -0.3 is 36.8 Å². The third-order valence-electron chi connectivity index (χ3n) is 5.16. The van der Waals surface area contributed by atoms with Gasteiger partial charge in [-0.25, -0.2) is 14.8 Å². The molecule has 2 aromatic heterocycles.